The molecule has 0 fully saturated rings. The molecule has 1 aromatic heterocycles. The Morgan fingerprint density at radius 1 is 1.79 bits per heavy atom. The maximum atomic E-state index is 10.3. The molecule has 14 heavy (non-hydrogen) atoms. The summed E-state index contributed by atoms with van der Waals surface area (Å²) in [6, 6.07) is 1.80. The summed E-state index contributed by atoms with van der Waals surface area (Å²) in [5, 5.41) is 8.51. The van der Waals surface area contributed by atoms with Crippen LogP contribution in [0.4, 0.5) is 0 Å². The molecule has 5 heteroatoms. The van der Waals surface area contributed by atoms with Gasteiger partial charge >= 0.3 is 5.97 Å². The van der Waals surface area contributed by atoms with E-state index < -0.39 is 5.97 Å². The topological polar surface area (TPSA) is 63.3 Å². The number of thiophene rings is 1. The Balaban J connectivity index is 2.60. The second-order valence-electron chi connectivity index (χ2n) is 3.09. The van der Waals surface area contributed by atoms with E-state index in [0.29, 0.717) is 6.42 Å². The SMILES string of the molecule is Cc1sc(C(N)CCC(=O)O)cc1Br. The molecule has 0 aliphatic heterocycles. The first-order valence-corrected chi connectivity index (χ1v) is 5.85. The third-order valence-corrected chi connectivity index (χ3v) is 4.18. The molecule has 0 aliphatic rings. The molecule has 0 bridgehead atoms. The minimum atomic E-state index is -0.798. The van der Waals surface area contributed by atoms with Gasteiger partial charge in [0.2, 0.25) is 0 Å². The van der Waals surface area contributed by atoms with E-state index >= 15 is 0 Å². The first kappa shape index (κ1) is 11.7. The first-order valence-electron chi connectivity index (χ1n) is 4.24. The van der Waals surface area contributed by atoms with Gasteiger partial charge in [0.25, 0.3) is 0 Å². The Hall–Kier alpha value is -0.390. The largest absolute Gasteiger partial charge is 0.481 e. The Morgan fingerprint density at radius 2 is 2.43 bits per heavy atom. The van der Waals surface area contributed by atoms with Crippen molar-refractivity contribution in [2.24, 2.45) is 5.73 Å². The molecular weight excluding hydrogens is 266 g/mol. The van der Waals surface area contributed by atoms with Crippen LogP contribution in [0.3, 0.4) is 0 Å². The summed E-state index contributed by atoms with van der Waals surface area (Å²) in [4.78, 5) is 12.6. The van der Waals surface area contributed by atoms with Gasteiger partial charge in [-0.15, -0.1) is 11.3 Å². The molecule has 0 amide bonds. The van der Waals surface area contributed by atoms with Crippen LogP contribution in [0.2, 0.25) is 0 Å². The summed E-state index contributed by atoms with van der Waals surface area (Å²) < 4.78 is 1.04. The lowest BCUT2D eigenvalue weighted by Gasteiger charge is -2.06. The number of aliphatic carboxylic acids is 1. The fourth-order valence-electron chi connectivity index (χ4n) is 1.09. The third kappa shape index (κ3) is 3.08. The number of nitrogens with two attached hydrogens (primary N) is 1. The van der Waals surface area contributed by atoms with Crippen LogP contribution >= 0.6 is 27.3 Å². The normalized spacial score (nSPS) is 12.8. The molecule has 0 spiro atoms. The average molecular weight is 278 g/mol. The van der Waals surface area contributed by atoms with Gasteiger partial charge in [0.05, 0.1) is 0 Å². The standard InChI is InChI=1S/C9H12BrNO2S/c1-5-6(10)4-8(14-5)7(11)2-3-9(12)13/h4,7H,2-3,11H2,1H3,(H,12,13). The summed E-state index contributed by atoms with van der Waals surface area (Å²) in [6.45, 7) is 2.00. The zero-order valence-electron chi connectivity index (χ0n) is 7.79. The Morgan fingerprint density at radius 3 is 2.86 bits per heavy atom. The molecule has 1 unspecified atom stereocenters. The van der Waals surface area contributed by atoms with Crippen molar-refractivity contribution in [3.63, 3.8) is 0 Å². The highest BCUT2D eigenvalue weighted by atomic mass is 79.9. The molecule has 3 N–H and O–H groups in total. The molecule has 0 saturated heterocycles. The highest BCUT2D eigenvalue weighted by Crippen LogP contribution is 2.31. The van der Waals surface area contributed by atoms with Crippen molar-refractivity contribution < 1.29 is 9.90 Å². The van der Waals surface area contributed by atoms with Crippen molar-refractivity contribution in [3.05, 3.63) is 20.3 Å². The molecule has 1 atom stereocenters. The number of aryl methyl sites for hydroxylation is 1. The number of hydrogen-bond donors (Lipinski definition) is 2. The summed E-state index contributed by atoms with van der Waals surface area (Å²) >= 11 is 5.01. The van der Waals surface area contributed by atoms with Crippen LogP contribution in [0.1, 0.15) is 28.6 Å². The quantitative estimate of drug-likeness (QED) is 0.890. The van der Waals surface area contributed by atoms with Crippen LogP contribution in [0.25, 0.3) is 0 Å². The second-order valence-corrected chi connectivity index (χ2v) is 5.23. The monoisotopic (exact) mass is 277 g/mol. The van der Waals surface area contributed by atoms with Crippen LogP contribution in [0, 0.1) is 6.92 Å². The maximum Gasteiger partial charge on any atom is 0.303 e. The Kier molecular flexibility index (Phi) is 4.10. The summed E-state index contributed by atoms with van der Waals surface area (Å²) in [6.07, 6.45) is 0.609. The molecule has 3 nitrogen and oxygen atoms in total. The van der Waals surface area contributed by atoms with E-state index in [-0.39, 0.29) is 12.5 Å². The molecule has 0 radical (unpaired) electrons. The molecule has 1 heterocycles. The molecule has 0 saturated carbocycles. The summed E-state index contributed by atoms with van der Waals surface area (Å²) in [5.74, 6) is -0.798. The van der Waals surface area contributed by atoms with E-state index in [1.54, 1.807) is 11.3 Å². The van der Waals surface area contributed by atoms with Crippen LogP contribution < -0.4 is 5.73 Å². The first-order chi connectivity index (χ1) is 6.50. The van der Waals surface area contributed by atoms with Crippen molar-refractivity contribution in [3.8, 4) is 0 Å². The third-order valence-electron chi connectivity index (χ3n) is 1.91. The average Bonchev–Trinajstić information content (AvgIpc) is 2.43. The Bertz CT molecular complexity index is 318. The van der Waals surface area contributed by atoms with Gasteiger partial charge in [-0.3, -0.25) is 4.79 Å². The molecular formula is C9H12BrNO2S. The molecule has 0 aliphatic carbocycles. The van der Waals surface area contributed by atoms with Crippen molar-refractivity contribution in [1.82, 2.24) is 0 Å². The van der Waals surface area contributed by atoms with Gasteiger partial charge < -0.3 is 10.8 Å². The number of carboxylic acid groups (broad SMARTS) is 1. The van der Waals surface area contributed by atoms with E-state index in [4.69, 9.17) is 10.8 Å². The van der Waals surface area contributed by atoms with Crippen molar-refractivity contribution in [2.45, 2.75) is 25.8 Å². The van der Waals surface area contributed by atoms with E-state index in [9.17, 15) is 4.79 Å². The maximum absolute atomic E-state index is 10.3. The van der Waals surface area contributed by atoms with Crippen LogP contribution in [-0.4, -0.2) is 11.1 Å². The van der Waals surface area contributed by atoms with E-state index in [1.165, 1.54) is 4.88 Å². The lowest BCUT2D eigenvalue weighted by Crippen LogP contribution is -2.10. The molecule has 1 rings (SSSR count). The van der Waals surface area contributed by atoms with Gasteiger partial charge in [-0.25, -0.2) is 0 Å². The van der Waals surface area contributed by atoms with E-state index in [1.807, 2.05) is 13.0 Å². The number of carboxylic acids is 1. The predicted octanol–water partition coefficient (Wildman–Crippen LogP) is 2.68. The van der Waals surface area contributed by atoms with Crippen LogP contribution in [0.15, 0.2) is 10.5 Å². The van der Waals surface area contributed by atoms with Gasteiger partial charge in [0.15, 0.2) is 0 Å². The fraction of sp³-hybridized carbons (Fsp3) is 0.444. The summed E-state index contributed by atoms with van der Waals surface area (Å²) in [5.41, 5.74) is 5.85. The number of halogens is 1. The minimum absolute atomic E-state index is 0.121. The number of hydrogen-bond acceptors (Lipinski definition) is 3. The zero-order chi connectivity index (χ0) is 10.7. The summed E-state index contributed by atoms with van der Waals surface area (Å²) in [7, 11) is 0. The van der Waals surface area contributed by atoms with Crippen molar-refractivity contribution >= 4 is 33.2 Å². The fourth-order valence-corrected chi connectivity index (χ4v) is 2.68. The van der Waals surface area contributed by atoms with Gasteiger partial charge in [-0.05, 0) is 35.3 Å². The second kappa shape index (κ2) is 4.91. The zero-order valence-corrected chi connectivity index (χ0v) is 10.2. The van der Waals surface area contributed by atoms with Gasteiger partial charge in [-0.2, -0.15) is 0 Å². The highest BCUT2D eigenvalue weighted by Gasteiger charge is 2.12. The predicted molar refractivity (Wildman–Crippen MR) is 60.6 cm³/mol. The van der Waals surface area contributed by atoms with Crippen molar-refractivity contribution in [1.29, 1.82) is 0 Å². The van der Waals surface area contributed by atoms with Gasteiger partial charge in [0, 0.05) is 26.7 Å². The molecule has 78 valence electrons. The smallest absolute Gasteiger partial charge is 0.303 e. The minimum Gasteiger partial charge on any atom is -0.481 e. The van der Waals surface area contributed by atoms with Crippen LogP contribution in [-0.2, 0) is 4.79 Å². The molecule has 0 aromatic carbocycles. The van der Waals surface area contributed by atoms with Crippen LogP contribution in [0.5, 0.6) is 0 Å². The number of rotatable bonds is 4. The van der Waals surface area contributed by atoms with Gasteiger partial charge in [0.1, 0.15) is 0 Å². The van der Waals surface area contributed by atoms with E-state index in [0.717, 1.165) is 9.35 Å². The Labute approximate surface area is 95.1 Å². The lowest BCUT2D eigenvalue weighted by atomic mass is 10.1. The van der Waals surface area contributed by atoms with Crippen molar-refractivity contribution in [2.75, 3.05) is 0 Å². The van der Waals surface area contributed by atoms with Gasteiger partial charge in [-0.1, -0.05) is 0 Å². The lowest BCUT2D eigenvalue weighted by molar-refractivity contribution is -0.137. The molecule has 1 aromatic rings. The van der Waals surface area contributed by atoms with E-state index in [2.05, 4.69) is 15.9 Å². The number of carbonyl (C=O) groups is 1. The highest BCUT2D eigenvalue weighted by molar-refractivity contribution is 9.10.